The van der Waals surface area contributed by atoms with Gasteiger partial charge in [-0.2, -0.15) is 0 Å². The van der Waals surface area contributed by atoms with Crippen molar-refractivity contribution in [2.45, 2.75) is 62.8 Å². The lowest BCUT2D eigenvalue weighted by molar-refractivity contribution is -0.119. The summed E-state index contributed by atoms with van der Waals surface area (Å²) in [5.41, 5.74) is 0. The molecule has 1 aliphatic rings. The van der Waals surface area contributed by atoms with Crippen LogP contribution in [-0.2, 0) is 4.79 Å². The lowest BCUT2D eigenvalue weighted by Crippen LogP contribution is -2.41. The summed E-state index contributed by atoms with van der Waals surface area (Å²) in [6, 6.07) is 0.350. The minimum Gasteiger partial charge on any atom is -0.360 e. The van der Waals surface area contributed by atoms with Gasteiger partial charge >= 0.3 is 0 Å². The number of thioether (sulfide) groups is 1. The molecule has 7 heteroatoms. The summed E-state index contributed by atoms with van der Waals surface area (Å²) in [4.78, 5) is 12.1. The van der Waals surface area contributed by atoms with Crippen molar-refractivity contribution in [2.24, 2.45) is 5.92 Å². The van der Waals surface area contributed by atoms with Crippen molar-refractivity contribution in [2.75, 3.05) is 17.6 Å². The summed E-state index contributed by atoms with van der Waals surface area (Å²) in [5.74, 6) is 1.13. The van der Waals surface area contributed by atoms with Crippen molar-refractivity contribution in [1.29, 1.82) is 0 Å². The first-order valence-electron chi connectivity index (χ1n) is 8.18. The van der Waals surface area contributed by atoms with Gasteiger partial charge in [-0.1, -0.05) is 56.2 Å². The second-order valence-electron chi connectivity index (χ2n) is 5.88. The van der Waals surface area contributed by atoms with E-state index in [2.05, 4.69) is 34.7 Å². The van der Waals surface area contributed by atoms with Crippen LogP contribution in [-0.4, -0.2) is 34.4 Å². The van der Waals surface area contributed by atoms with E-state index in [4.69, 9.17) is 0 Å². The van der Waals surface area contributed by atoms with E-state index in [0.717, 1.165) is 35.3 Å². The van der Waals surface area contributed by atoms with Gasteiger partial charge in [0.2, 0.25) is 11.0 Å². The van der Waals surface area contributed by atoms with Crippen LogP contribution in [0.25, 0.3) is 0 Å². The first kappa shape index (κ1) is 17.5. The Kier molecular flexibility index (Phi) is 7.45. The highest BCUT2D eigenvalue weighted by Gasteiger charge is 2.22. The van der Waals surface area contributed by atoms with Gasteiger partial charge in [-0.15, -0.1) is 10.2 Å². The van der Waals surface area contributed by atoms with Crippen molar-refractivity contribution in [3.05, 3.63) is 0 Å². The Hall–Kier alpha value is -0.820. The average Bonchev–Trinajstić information content (AvgIpc) is 2.96. The van der Waals surface area contributed by atoms with E-state index in [1.165, 1.54) is 42.4 Å². The molecular weight excluding hydrogens is 316 g/mol. The number of hydrogen-bond acceptors (Lipinski definition) is 6. The zero-order chi connectivity index (χ0) is 15.8. The summed E-state index contributed by atoms with van der Waals surface area (Å²) in [5, 5.41) is 15.5. The number of rotatable bonds is 8. The largest absolute Gasteiger partial charge is 0.360 e. The molecule has 1 aliphatic carbocycles. The lowest BCUT2D eigenvalue weighted by Gasteiger charge is -2.29. The smallest absolute Gasteiger partial charge is 0.230 e. The number of anilines is 1. The molecule has 2 N–H and O–H groups in total. The summed E-state index contributed by atoms with van der Waals surface area (Å²) >= 11 is 2.99. The van der Waals surface area contributed by atoms with Gasteiger partial charge in [0, 0.05) is 12.6 Å². The summed E-state index contributed by atoms with van der Waals surface area (Å²) in [6.45, 7) is 5.32. The standard InChI is InChI=1S/C15H26N4OS2/c1-3-4-9-16-14-18-19-15(22-14)21-10-13(20)17-12-8-6-5-7-11(12)2/h11-12H,3-10H2,1-2H3,(H,16,18)(H,17,20). The van der Waals surface area contributed by atoms with Crippen LogP contribution in [0.5, 0.6) is 0 Å². The first-order valence-corrected chi connectivity index (χ1v) is 9.98. The van der Waals surface area contributed by atoms with E-state index in [1.54, 1.807) is 0 Å². The van der Waals surface area contributed by atoms with Gasteiger partial charge in [-0.3, -0.25) is 4.79 Å². The quantitative estimate of drug-likeness (QED) is 0.559. The Labute approximate surface area is 141 Å². The Morgan fingerprint density at radius 2 is 2.18 bits per heavy atom. The Bertz CT molecular complexity index is 466. The number of amides is 1. The number of unbranched alkanes of at least 4 members (excludes halogenated alkanes) is 1. The molecule has 0 bridgehead atoms. The van der Waals surface area contributed by atoms with Gasteiger partial charge in [0.05, 0.1) is 5.75 Å². The molecule has 2 rings (SSSR count). The van der Waals surface area contributed by atoms with Crippen LogP contribution in [0.4, 0.5) is 5.13 Å². The van der Waals surface area contributed by atoms with E-state index in [1.807, 2.05) is 0 Å². The third-order valence-corrected chi connectivity index (χ3v) is 6.01. The second kappa shape index (κ2) is 9.35. The molecule has 1 saturated carbocycles. The topological polar surface area (TPSA) is 66.9 Å². The third kappa shape index (κ3) is 5.76. The maximum absolute atomic E-state index is 12.1. The van der Waals surface area contributed by atoms with Gasteiger partial charge in [-0.05, 0) is 25.2 Å². The molecule has 22 heavy (non-hydrogen) atoms. The fourth-order valence-electron chi connectivity index (χ4n) is 2.62. The molecule has 0 radical (unpaired) electrons. The lowest BCUT2D eigenvalue weighted by atomic mass is 9.86. The number of nitrogens with zero attached hydrogens (tertiary/aromatic N) is 2. The van der Waals surface area contributed by atoms with Crippen molar-refractivity contribution < 1.29 is 4.79 Å². The van der Waals surface area contributed by atoms with E-state index < -0.39 is 0 Å². The van der Waals surface area contributed by atoms with Crippen LogP contribution in [0.3, 0.4) is 0 Å². The molecular formula is C15H26N4OS2. The Morgan fingerprint density at radius 1 is 1.36 bits per heavy atom. The van der Waals surface area contributed by atoms with Crippen molar-refractivity contribution >= 4 is 34.1 Å². The van der Waals surface area contributed by atoms with E-state index in [9.17, 15) is 4.79 Å². The van der Waals surface area contributed by atoms with Crippen LogP contribution in [0.2, 0.25) is 0 Å². The maximum atomic E-state index is 12.1. The predicted molar refractivity (Wildman–Crippen MR) is 93.6 cm³/mol. The molecule has 1 heterocycles. The average molecular weight is 343 g/mol. The van der Waals surface area contributed by atoms with E-state index >= 15 is 0 Å². The molecule has 2 atom stereocenters. The molecule has 0 saturated heterocycles. The number of aromatic nitrogens is 2. The van der Waals surface area contributed by atoms with Gasteiger partial charge in [0.25, 0.3) is 0 Å². The molecule has 1 amide bonds. The second-order valence-corrected chi connectivity index (χ2v) is 8.08. The van der Waals surface area contributed by atoms with Gasteiger partial charge in [0.15, 0.2) is 4.34 Å². The Morgan fingerprint density at radius 3 is 2.95 bits per heavy atom. The number of hydrogen-bond donors (Lipinski definition) is 2. The van der Waals surface area contributed by atoms with Crippen LogP contribution in [0.15, 0.2) is 4.34 Å². The molecule has 1 aromatic rings. The van der Waals surface area contributed by atoms with Gasteiger partial charge in [-0.25, -0.2) is 0 Å². The zero-order valence-electron chi connectivity index (χ0n) is 13.4. The highest BCUT2D eigenvalue weighted by molar-refractivity contribution is 8.01. The SMILES string of the molecule is CCCCNc1nnc(SCC(=O)NC2CCCCC2C)s1. The number of carbonyl (C=O) groups excluding carboxylic acids is 1. The highest BCUT2D eigenvalue weighted by atomic mass is 32.2. The van der Waals surface area contributed by atoms with Crippen LogP contribution in [0.1, 0.15) is 52.4 Å². The molecule has 124 valence electrons. The van der Waals surface area contributed by atoms with Crippen molar-refractivity contribution in [1.82, 2.24) is 15.5 Å². The number of carbonyl (C=O) groups is 1. The molecule has 0 spiro atoms. The zero-order valence-corrected chi connectivity index (χ0v) is 15.1. The fourth-order valence-corrected chi connectivity index (χ4v) is 4.21. The van der Waals surface area contributed by atoms with Crippen LogP contribution < -0.4 is 10.6 Å². The molecule has 1 fully saturated rings. The number of nitrogens with one attached hydrogen (secondary N) is 2. The van der Waals surface area contributed by atoms with Crippen LogP contribution >= 0.6 is 23.1 Å². The summed E-state index contributed by atoms with van der Waals surface area (Å²) < 4.78 is 0.853. The molecule has 0 aliphatic heterocycles. The van der Waals surface area contributed by atoms with Crippen molar-refractivity contribution in [3.8, 4) is 0 Å². The minimum absolute atomic E-state index is 0.111. The summed E-state index contributed by atoms with van der Waals surface area (Å²) in [7, 11) is 0. The van der Waals surface area contributed by atoms with E-state index in [-0.39, 0.29) is 5.91 Å². The normalized spacial score (nSPS) is 21.5. The predicted octanol–water partition coefficient (Wildman–Crippen LogP) is 3.54. The van der Waals surface area contributed by atoms with Crippen molar-refractivity contribution in [3.63, 3.8) is 0 Å². The fraction of sp³-hybridized carbons (Fsp3) is 0.800. The molecule has 5 nitrogen and oxygen atoms in total. The third-order valence-electron chi connectivity index (χ3n) is 4.00. The highest BCUT2D eigenvalue weighted by Crippen LogP contribution is 2.26. The van der Waals surface area contributed by atoms with Gasteiger partial charge < -0.3 is 10.6 Å². The Balaban J connectivity index is 1.69. The van der Waals surface area contributed by atoms with Gasteiger partial charge in [0.1, 0.15) is 0 Å². The maximum Gasteiger partial charge on any atom is 0.230 e. The minimum atomic E-state index is 0.111. The first-order chi connectivity index (χ1) is 10.7. The monoisotopic (exact) mass is 342 g/mol. The molecule has 1 aromatic heterocycles. The molecule has 0 aromatic carbocycles. The van der Waals surface area contributed by atoms with Crippen LogP contribution in [0, 0.1) is 5.92 Å². The van der Waals surface area contributed by atoms with E-state index in [0.29, 0.717) is 17.7 Å². The molecule has 2 unspecified atom stereocenters. The summed E-state index contributed by atoms with van der Waals surface area (Å²) in [6.07, 6.45) is 7.15.